The molecule has 1 aliphatic rings. The van der Waals surface area contributed by atoms with Crippen LogP contribution in [0.5, 0.6) is 5.88 Å². The molecule has 0 spiro atoms. The van der Waals surface area contributed by atoms with Gasteiger partial charge in [-0.25, -0.2) is 0 Å². The van der Waals surface area contributed by atoms with Gasteiger partial charge in [0, 0.05) is 24.8 Å². The number of pyridine rings is 2. The number of nitrogens with zero attached hydrogens (tertiary/aromatic N) is 2. The summed E-state index contributed by atoms with van der Waals surface area (Å²) in [4.78, 5) is 21.0. The van der Waals surface area contributed by atoms with Crippen LogP contribution in [0.15, 0.2) is 24.4 Å². The smallest absolute Gasteiger partial charge is 0.253 e. The summed E-state index contributed by atoms with van der Waals surface area (Å²) in [7, 11) is 1.58. The molecule has 2 heterocycles. The zero-order valence-electron chi connectivity index (χ0n) is 16.0. The predicted molar refractivity (Wildman–Crippen MR) is 111 cm³/mol. The second-order valence-corrected chi connectivity index (χ2v) is 7.89. The van der Waals surface area contributed by atoms with Crippen molar-refractivity contribution in [3.63, 3.8) is 0 Å². The fraction of sp³-hybridized carbons (Fsp3) is 0.450. The van der Waals surface area contributed by atoms with Crippen molar-refractivity contribution < 1.29 is 9.53 Å². The van der Waals surface area contributed by atoms with Crippen LogP contribution in [0, 0.1) is 12.8 Å². The van der Waals surface area contributed by atoms with E-state index in [1.54, 1.807) is 31.5 Å². The standard InChI is InChI=1S/C20H24Cl2N4O2/c1-12-16(9-14(21)11-23-12)20(27)25-15-5-3-13(4-6-15)10-24-19-17(22)7-8-18(26-19)28-2/h7-9,11,13,15H,3-6,10H2,1-2H3,(H,24,26)(H,25,27). The number of nitrogens with one attached hydrogen (secondary N) is 2. The first-order chi connectivity index (χ1) is 13.5. The van der Waals surface area contributed by atoms with Gasteiger partial charge in [-0.15, -0.1) is 0 Å². The number of rotatable bonds is 6. The van der Waals surface area contributed by atoms with Crippen molar-refractivity contribution in [3.05, 3.63) is 45.7 Å². The monoisotopic (exact) mass is 422 g/mol. The Morgan fingerprint density at radius 2 is 2.00 bits per heavy atom. The molecule has 1 aliphatic carbocycles. The number of amides is 1. The van der Waals surface area contributed by atoms with Gasteiger partial charge in [-0.1, -0.05) is 23.2 Å². The molecule has 0 aliphatic heterocycles. The van der Waals surface area contributed by atoms with E-state index in [9.17, 15) is 4.79 Å². The molecule has 2 aromatic heterocycles. The maximum absolute atomic E-state index is 12.5. The summed E-state index contributed by atoms with van der Waals surface area (Å²) < 4.78 is 5.14. The van der Waals surface area contributed by atoms with Gasteiger partial charge in [0.2, 0.25) is 5.88 Å². The van der Waals surface area contributed by atoms with E-state index in [-0.39, 0.29) is 11.9 Å². The van der Waals surface area contributed by atoms with Gasteiger partial charge in [0.1, 0.15) is 5.82 Å². The Morgan fingerprint density at radius 3 is 2.71 bits per heavy atom. The van der Waals surface area contributed by atoms with Crippen molar-refractivity contribution in [2.75, 3.05) is 19.0 Å². The molecule has 2 aromatic rings. The van der Waals surface area contributed by atoms with E-state index in [4.69, 9.17) is 27.9 Å². The summed E-state index contributed by atoms with van der Waals surface area (Å²) in [6, 6.07) is 5.34. The van der Waals surface area contributed by atoms with Gasteiger partial charge in [0.25, 0.3) is 5.91 Å². The number of hydrogen-bond donors (Lipinski definition) is 2. The van der Waals surface area contributed by atoms with Gasteiger partial charge in [0.15, 0.2) is 0 Å². The molecular formula is C20H24Cl2N4O2. The summed E-state index contributed by atoms with van der Waals surface area (Å²) in [5.41, 5.74) is 1.22. The largest absolute Gasteiger partial charge is 0.481 e. The van der Waals surface area contributed by atoms with E-state index in [0.29, 0.717) is 38.9 Å². The second kappa shape index (κ2) is 9.43. The van der Waals surface area contributed by atoms with Crippen molar-refractivity contribution in [2.45, 2.75) is 38.6 Å². The second-order valence-electron chi connectivity index (χ2n) is 7.04. The minimum atomic E-state index is -0.110. The first-order valence-corrected chi connectivity index (χ1v) is 10.1. The lowest BCUT2D eigenvalue weighted by Gasteiger charge is -2.29. The molecule has 1 amide bonds. The molecule has 2 N–H and O–H groups in total. The van der Waals surface area contributed by atoms with E-state index < -0.39 is 0 Å². The Bertz CT molecular complexity index is 839. The van der Waals surface area contributed by atoms with Crippen LogP contribution < -0.4 is 15.4 Å². The van der Waals surface area contributed by atoms with Crippen LogP contribution >= 0.6 is 23.2 Å². The lowest BCUT2D eigenvalue weighted by atomic mass is 9.86. The number of ether oxygens (including phenoxy) is 1. The molecule has 150 valence electrons. The van der Waals surface area contributed by atoms with Crippen LogP contribution in [-0.4, -0.2) is 35.6 Å². The topological polar surface area (TPSA) is 76.1 Å². The van der Waals surface area contributed by atoms with Crippen LogP contribution in [0.25, 0.3) is 0 Å². The molecule has 0 saturated heterocycles. The number of aromatic nitrogens is 2. The molecule has 1 saturated carbocycles. The highest BCUT2D eigenvalue weighted by molar-refractivity contribution is 6.32. The molecule has 0 atom stereocenters. The van der Waals surface area contributed by atoms with E-state index >= 15 is 0 Å². The minimum Gasteiger partial charge on any atom is -0.481 e. The highest BCUT2D eigenvalue weighted by atomic mass is 35.5. The Hall–Kier alpha value is -2.05. The summed E-state index contributed by atoms with van der Waals surface area (Å²) in [5.74, 6) is 1.57. The van der Waals surface area contributed by atoms with Gasteiger partial charge in [-0.3, -0.25) is 9.78 Å². The Kier molecular flexibility index (Phi) is 6.97. The predicted octanol–water partition coefficient (Wildman–Crippen LogP) is 4.50. The van der Waals surface area contributed by atoms with Crippen molar-refractivity contribution >= 4 is 34.9 Å². The lowest BCUT2D eigenvalue weighted by molar-refractivity contribution is 0.0921. The molecule has 0 unspecified atom stereocenters. The average molecular weight is 423 g/mol. The fourth-order valence-electron chi connectivity index (χ4n) is 3.41. The van der Waals surface area contributed by atoms with Crippen LogP contribution in [0.3, 0.4) is 0 Å². The SMILES string of the molecule is COc1ccc(Cl)c(NCC2CCC(NC(=O)c3cc(Cl)cnc3C)CC2)n1. The minimum absolute atomic E-state index is 0.110. The van der Waals surface area contributed by atoms with E-state index in [2.05, 4.69) is 20.6 Å². The average Bonchev–Trinajstić information content (AvgIpc) is 2.70. The molecule has 6 nitrogen and oxygen atoms in total. The number of carbonyl (C=O) groups excluding carboxylic acids is 1. The Morgan fingerprint density at radius 1 is 1.25 bits per heavy atom. The Labute approximate surface area is 175 Å². The van der Waals surface area contributed by atoms with E-state index in [0.717, 1.165) is 32.2 Å². The molecular weight excluding hydrogens is 399 g/mol. The molecule has 3 rings (SSSR count). The van der Waals surface area contributed by atoms with E-state index in [1.807, 2.05) is 6.92 Å². The number of aryl methyl sites for hydroxylation is 1. The van der Waals surface area contributed by atoms with Crippen LogP contribution in [0.2, 0.25) is 10.0 Å². The molecule has 0 aromatic carbocycles. The van der Waals surface area contributed by atoms with Crippen LogP contribution in [0.4, 0.5) is 5.82 Å². The van der Waals surface area contributed by atoms with Crippen LogP contribution in [0.1, 0.15) is 41.7 Å². The summed E-state index contributed by atoms with van der Waals surface area (Å²) >= 11 is 12.2. The zero-order chi connectivity index (χ0) is 20.1. The normalized spacial score (nSPS) is 19.1. The summed E-state index contributed by atoms with van der Waals surface area (Å²) in [6.07, 6.45) is 5.46. The first kappa shape index (κ1) is 20.7. The quantitative estimate of drug-likeness (QED) is 0.716. The summed E-state index contributed by atoms with van der Waals surface area (Å²) in [6.45, 7) is 2.60. The van der Waals surface area contributed by atoms with Gasteiger partial charge < -0.3 is 15.4 Å². The van der Waals surface area contributed by atoms with E-state index in [1.165, 1.54) is 0 Å². The molecule has 1 fully saturated rings. The molecule has 0 bridgehead atoms. The zero-order valence-corrected chi connectivity index (χ0v) is 17.5. The fourth-order valence-corrected chi connectivity index (χ4v) is 3.74. The van der Waals surface area contributed by atoms with Gasteiger partial charge >= 0.3 is 0 Å². The summed E-state index contributed by atoms with van der Waals surface area (Å²) in [5, 5.41) is 7.48. The number of anilines is 1. The number of carbonyl (C=O) groups is 1. The maximum atomic E-state index is 12.5. The lowest BCUT2D eigenvalue weighted by Crippen LogP contribution is -2.38. The molecule has 28 heavy (non-hydrogen) atoms. The van der Waals surface area contributed by atoms with Crippen LogP contribution in [-0.2, 0) is 0 Å². The third kappa shape index (κ3) is 5.26. The molecule has 0 radical (unpaired) electrons. The Balaban J connectivity index is 1.48. The van der Waals surface area contributed by atoms with Gasteiger partial charge in [0.05, 0.1) is 28.4 Å². The highest BCUT2D eigenvalue weighted by Crippen LogP contribution is 2.27. The van der Waals surface area contributed by atoms with Gasteiger partial charge in [-0.05, 0) is 50.7 Å². The van der Waals surface area contributed by atoms with Crippen molar-refractivity contribution in [1.29, 1.82) is 0 Å². The van der Waals surface area contributed by atoms with Crippen molar-refractivity contribution in [3.8, 4) is 5.88 Å². The first-order valence-electron chi connectivity index (χ1n) is 9.33. The number of halogens is 2. The van der Waals surface area contributed by atoms with Crippen molar-refractivity contribution in [2.24, 2.45) is 5.92 Å². The third-order valence-corrected chi connectivity index (χ3v) is 5.58. The number of methoxy groups -OCH3 is 1. The van der Waals surface area contributed by atoms with Crippen molar-refractivity contribution in [1.82, 2.24) is 15.3 Å². The maximum Gasteiger partial charge on any atom is 0.253 e. The van der Waals surface area contributed by atoms with Gasteiger partial charge in [-0.2, -0.15) is 4.98 Å². The third-order valence-electron chi connectivity index (χ3n) is 5.07. The number of hydrogen-bond acceptors (Lipinski definition) is 5. The molecule has 8 heteroatoms. The highest BCUT2D eigenvalue weighted by Gasteiger charge is 2.23.